The summed E-state index contributed by atoms with van der Waals surface area (Å²) in [7, 11) is 1.67. The summed E-state index contributed by atoms with van der Waals surface area (Å²) in [5.74, 6) is 0.814. The molecular weight excluding hydrogens is 212 g/mol. The molecule has 0 atom stereocenters. The minimum atomic E-state index is 0.814. The molecule has 1 aromatic carbocycles. The molecule has 0 amide bonds. The molecule has 2 aromatic heterocycles. The van der Waals surface area contributed by atoms with E-state index in [0.29, 0.717) is 0 Å². The molecule has 0 fully saturated rings. The van der Waals surface area contributed by atoms with Gasteiger partial charge in [0, 0.05) is 22.7 Å². The van der Waals surface area contributed by atoms with Crippen LogP contribution in [0.4, 0.5) is 0 Å². The van der Waals surface area contributed by atoms with Crippen LogP contribution in [0.15, 0.2) is 24.4 Å². The van der Waals surface area contributed by atoms with Crippen LogP contribution < -0.4 is 4.74 Å². The Labute approximate surface area is 99.4 Å². The van der Waals surface area contributed by atoms with Crippen molar-refractivity contribution < 1.29 is 4.74 Å². The van der Waals surface area contributed by atoms with E-state index in [2.05, 4.69) is 29.9 Å². The lowest BCUT2D eigenvalue weighted by Crippen LogP contribution is -1.87. The van der Waals surface area contributed by atoms with E-state index < -0.39 is 0 Å². The van der Waals surface area contributed by atoms with E-state index in [9.17, 15) is 0 Å². The number of benzene rings is 1. The van der Waals surface area contributed by atoms with Crippen LogP contribution in [0.1, 0.15) is 11.3 Å². The highest BCUT2D eigenvalue weighted by molar-refractivity contribution is 6.06. The molecule has 2 heterocycles. The zero-order valence-electron chi connectivity index (χ0n) is 10.2. The molecule has 0 aliphatic carbocycles. The molecule has 0 saturated carbocycles. The summed E-state index contributed by atoms with van der Waals surface area (Å²) in [4.78, 5) is 7.93. The Hall–Kier alpha value is -2.03. The normalized spacial score (nSPS) is 11.2. The van der Waals surface area contributed by atoms with Gasteiger partial charge in [-0.2, -0.15) is 0 Å². The summed E-state index contributed by atoms with van der Waals surface area (Å²) in [6.07, 6.45) is 1.92. The van der Waals surface area contributed by atoms with Gasteiger partial charge in [-0.3, -0.25) is 4.98 Å². The number of H-pyrrole nitrogens is 1. The third kappa shape index (κ3) is 1.32. The lowest BCUT2D eigenvalue weighted by atomic mass is 10.1. The second-order valence-electron chi connectivity index (χ2n) is 4.28. The van der Waals surface area contributed by atoms with Gasteiger partial charge in [-0.15, -0.1) is 0 Å². The van der Waals surface area contributed by atoms with Crippen LogP contribution in [0, 0.1) is 13.8 Å². The molecule has 0 spiro atoms. The van der Waals surface area contributed by atoms with Crippen LogP contribution in [0.3, 0.4) is 0 Å². The average Bonchev–Trinajstić information content (AvgIpc) is 2.65. The second-order valence-corrected chi connectivity index (χ2v) is 4.28. The number of aromatic nitrogens is 2. The van der Waals surface area contributed by atoms with E-state index in [1.807, 2.05) is 18.3 Å². The van der Waals surface area contributed by atoms with Crippen LogP contribution in [-0.2, 0) is 0 Å². The standard InChI is InChI=1S/C14H14N2O/c1-8-9(2)16-13-10-5-4-6-12(17-3)14(10)15-7-11(8)13/h4-7,16H,1-3H3. The van der Waals surface area contributed by atoms with Crippen molar-refractivity contribution in [3.8, 4) is 5.75 Å². The fraction of sp³-hybridized carbons (Fsp3) is 0.214. The highest BCUT2D eigenvalue weighted by atomic mass is 16.5. The maximum atomic E-state index is 5.34. The number of aryl methyl sites for hydroxylation is 2. The number of hydrogen-bond acceptors (Lipinski definition) is 2. The van der Waals surface area contributed by atoms with Crippen molar-refractivity contribution in [3.63, 3.8) is 0 Å². The van der Waals surface area contributed by atoms with Crippen LogP contribution >= 0.6 is 0 Å². The molecular formula is C14H14N2O. The number of aromatic amines is 1. The number of ether oxygens (including phenoxy) is 1. The van der Waals surface area contributed by atoms with Crippen LogP contribution in [0.2, 0.25) is 0 Å². The van der Waals surface area contributed by atoms with Gasteiger partial charge in [-0.05, 0) is 25.5 Å². The second kappa shape index (κ2) is 3.48. The number of fused-ring (bicyclic) bond motifs is 3. The van der Waals surface area contributed by atoms with E-state index in [1.165, 1.54) is 16.6 Å². The molecule has 86 valence electrons. The van der Waals surface area contributed by atoms with Gasteiger partial charge in [0.15, 0.2) is 0 Å². The first kappa shape index (κ1) is 10.1. The molecule has 1 N–H and O–H groups in total. The molecule has 0 bridgehead atoms. The van der Waals surface area contributed by atoms with Gasteiger partial charge in [-0.25, -0.2) is 0 Å². The maximum Gasteiger partial charge on any atom is 0.145 e. The van der Waals surface area contributed by atoms with Gasteiger partial charge in [-0.1, -0.05) is 12.1 Å². The third-order valence-electron chi connectivity index (χ3n) is 3.36. The Kier molecular flexibility index (Phi) is 2.08. The number of para-hydroxylation sites is 1. The van der Waals surface area contributed by atoms with Crippen molar-refractivity contribution in [1.82, 2.24) is 9.97 Å². The fourth-order valence-corrected chi connectivity index (χ4v) is 2.26. The van der Waals surface area contributed by atoms with Gasteiger partial charge >= 0.3 is 0 Å². The minimum absolute atomic E-state index is 0.814. The van der Waals surface area contributed by atoms with Crippen molar-refractivity contribution in [3.05, 3.63) is 35.7 Å². The van der Waals surface area contributed by atoms with Gasteiger partial charge < -0.3 is 9.72 Å². The van der Waals surface area contributed by atoms with E-state index in [0.717, 1.165) is 22.2 Å². The highest BCUT2D eigenvalue weighted by Gasteiger charge is 2.10. The maximum absolute atomic E-state index is 5.34. The van der Waals surface area contributed by atoms with Crippen molar-refractivity contribution >= 4 is 21.8 Å². The largest absolute Gasteiger partial charge is 0.494 e. The Bertz CT molecular complexity index is 713. The summed E-state index contributed by atoms with van der Waals surface area (Å²) < 4.78 is 5.34. The molecule has 3 nitrogen and oxygen atoms in total. The monoisotopic (exact) mass is 226 g/mol. The molecule has 3 heteroatoms. The van der Waals surface area contributed by atoms with Gasteiger partial charge in [0.25, 0.3) is 0 Å². The molecule has 0 aliphatic rings. The first-order valence-corrected chi connectivity index (χ1v) is 5.63. The SMILES string of the molecule is COc1cccc2c1ncc1c(C)c(C)[nH]c12. The smallest absolute Gasteiger partial charge is 0.145 e. The fourth-order valence-electron chi connectivity index (χ4n) is 2.26. The Morgan fingerprint density at radius 2 is 2.00 bits per heavy atom. The van der Waals surface area contributed by atoms with Crippen molar-refractivity contribution in [2.24, 2.45) is 0 Å². The lowest BCUT2D eigenvalue weighted by molar-refractivity contribution is 0.419. The number of pyridine rings is 1. The van der Waals surface area contributed by atoms with E-state index in [1.54, 1.807) is 7.11 Å². The topological polar surface area (TPSA) is 37.9 Å². The van der Waals surface area contributed by atoms with Crippen molar-refractivity contribution in [1.29, 1.82) is 0 Å². The van der Waals surface area contributed by atoms with Crippen molar-refractivity contribution in [2.45, 2.75) is 13.8 Å². The number of methoxy groups -OCH3 is 1. The van der Waals surface area contributed by atoms with Gasteiger partial charge in [0.2, 0.25) is 0 Å². The molecule has 17 heavy (non-hydrogen) atoms. The minimum Gasteiger partial charge on any atom is -0.494 e. The Morgan fingerprint density at radius 3 is 2.76 bits per heavy atom. The predicted octanol–water partition coefficient (Wildman–Crippen LogP) is 3.34. The number of nitrogens with zero attached hydrogens (tertiary/aromatic N) is 1. The number of nitrogens with one attached hydrogen (secondary N) is 1. The van der Waals surface area contributed by atoms with E-state index in [4.69, 9.17) is 4.74 Å². The van der Waals surface area contributed by atoms with Crippen LogP contribution in [-0.4, -0.2) is 17.1 Å². The summed E-state index contributed by atoms with van der Waals surface area (Å²) in [5.41, 5.74) is 4.50. The van der Waals surface area contributed by atoms with E-state index >= 15 is 0 Å². The summed E-state index contributed by atoms with van der Waals surface area (Å²) in [6, 6.07) is 6.00. The number of hydrogen-bond donors (Lipinski definition) is 1. The van der Waals surface area contributed by atoms with Crippen LogP contribution in [0.25, 0.3) is 21.8 Å². The highest BCUT2D eigenvalue weighted by Crippen LogP contribution is 2.31. The molecule has 0 radical (unpaired) electrons. The Morgan fingerprint density at radius 1 is 1.18 bits per heavy atom. The Balaban J connectivity index is 2.52. The summed E-state index contributed by atoms with van der Waals surface area (Å²) in [5, 5.41) is 2.29. The molecule has 0 unspecified atom stereocenters. The first-order chi connectivity index (χ1) is 8.22. The summed E-state index contributed by atoms with van der Waals surface area (Å²) >= 11 is 0. The van der Waals surface area contributed by atoms with Gasteiger partial charge in [0.1, 0.15) is 11.3 Å². The zero-order chi connectivity index (χ0) is 12.0. The average molecular weight is 226 g/mol. The first-order valence-electron chi connectivity index (χ1n) is 5.63. The molecule has 3 rings (SSSR count). The molecule has 3 aromatic rings. The van der Waals surface area contributed by atoms with E-state index in [-0.39, 0.29) is 0 Å². The quantitative estimate of drug-likeness (QED) is 0.691. The third-order valence-corrected chi connectivity index (χ3v) is 3.36. The zero-order valence-corrected chi connectivity index (χ0v) is 10.2. The van der Waals surface area contributed by atoms with Gasteiger partial charge in [0.05, 0.1) is 12.6 Å². The number of rotatable bonds is 1. The molecule has 0 aliphatic heterocycles. The van der Waals surface area contributed by atoms with Crippen LogP contribution in [0.5, 0.6) is 5.75 Å². The van der Waals surface area contributed by atoms with Crippen molar-refractivity contribution in [2.75, 3.05) is 7.11 Å². The summed E-state index contributed by atoms with van der Waals surface area (Å²) in [6.45, 7) is 4.20. The predicted molar refractivity (Wildman–Crippen MR) is 69.6 cm³/mol. The lowest BCUT2D eigenvalue weighted by Gasteiger charge is -2.04. The molecule has 0 saturated heterocycles.